The second kappa shape index (κ2) is 6.13. The molecule has 4 nitrogen and oxygen atoms in total. The predicted octanol–water partition coefficient (Wildman–Crippen LogP) is 3.28. The average Bonchev–Trinajstić information content (AvgIpc) is 3.48. The fourth-order valence-corrected chi connectivity index (χ4v) is 3.11. The second-order valence-corrected chi connectivity index (χ2v) is 6.26. The zero-order valence-electron chi connectivity index (χ0n) is 13.7. The molecule has 1 saturated carbocycles. The maximum atomic E-state index is 6.56. The lowest BCUT2D eigenvalue weighted by Gasteiger charge is -2.34. The Kier molecular flexibility index (Phi) is 3.82. The van der Waals surface area contributed by atoms with Crippen LogP contribution in [-0.4, -0.2) is 29.2 Å². The van der Waals surface area contributed by atoms with E-state index < -0.39 is 0 Å². The number of ether oxygens (including phenoxy) is 1. The molecule has 1 unspecified atom stereocenters. The van der Waals surface area contributed by atoms with Crippen molar-refractivity contribution in [2.45, 2.75) is 25.0 Å². The molecule has 1 aliphatic heterocycles. The minimum absolute atomic E-state index is 0.139. The zero-order valence-corrected chi connectivity index (χ0v) is 13.7. The summed E-state index contributed by atoms with van der Waals surface area (Å²) in [5.74, 6) is 0.613. The number of nitrogens with two attached hydrogens (primary N) is 1. The van der Waals surface area contributed by atoms with Crippen LogP contribution in [0.5, 0.6) is 5.88 Å². The first-order valence-electron chi connectivity index (χ1n) is 8.28. The lowest BCUT2D eigenvalue weighted by molar-refractivity contribution is 0.321. The Balaban J connectivity index is 1.75. The molecule has 1 atom stereocenters. The van der Waals surface area contributed by atoms with Gasteiger partial charge in [0.15, 0.2) is 0 Å². The summed E-state index contributed by atoms with van der Waals surface area (Å²) in [5.41, 5.74) is 11.1. The van der Waals surface area contributed by atoms with Gasteiger partial charge in [0.25, 0.3) is 0 Å². The van der Waals surface area contributed by atoms with E-state index in [1.807, 2.05) is 24.4 Å². The summed E-state index contributed by atoms with van der Waals surface area (Å²) in [6, 6.07) is 14.9. The Hall–Kier alpha value is -2.59. The van der Waals surface area contributed by atoms with Crippen molar-refractivity contribution in [3.8, 4) is 5.88 Å². The molecule has 4 rings (SSSR count). The van der Waals surface area contributed by atoms with Crippen molar-refractivity contribution in [3.63, 3.8) is 0 Å². The van der Waals surface area contributed by atoms with Gasteiger partial charge in [0.1, 0.15) is 6.17 Å². The number of allylic oxidation sites excluding steroid dienone is 2. The van der Waals surface area contributed by atoms with Crippen molar-refractivity contribution >= 4 is 11.1 Å². The fourth-order valence-electron chi connectivity index (χ4n) is 3.11. The van der Waals surface area contributed by atoms with Crippen LogP contribution in [0.15, 0.2) is 60.9 Å². The molecule has 1 aliphatic carbocycles. The van der Waals surface area contributed by atoms with E-state index in [9.17, 15) is 0 Å². The van der Waals surface area contributed by atoms with Crippen molar-refractivity contribution in [3.05, 3.63) is 72.1 Å². The van der Waals surface area contributed by atoms with Gasteiger partial charge in [-0.25, -0.2) is 4.98 Å². The van der Waals surface area contributed by atoms with Crippen molar-refractivity contribution in [1.29, 1.82) is 0 Å². The molecule has 0 saturated heterocycles. The van der Waals surface area contributed by atoms with E-state index in [2.05, 4.69) is 46.4 Å². The van der Waals surface area contributed by atoms with Gasteiger partial charge in [0.2, 0.25) is 5.88 Å². The summed E-state index contributed by atoms with van der Waals surface area (Å²) in [4.78, 5) is 6.63. The molecule has 1 aromatic carbocycles. The summed E-state index contributed by atoms with van der Waals surface area (Å²) < 4.78 is 5.16. The van der Waals surface area contributed by atoms with E-state index in [1.54, 1.807) is 7.11 Å². The standard InChI is InChI=1S/C20H21N3O/c1-24-19-10-7-15(12-22-19)18-11-16(14-5-3-2-4-6-14)13-23(20(18)21)17-8-9-17/h2-7,10-13,17,20H,8-9,21H2,1H3. The van der Waals surface area contributed by atoms with Crippen LogP contribution in [-0.2, 0) is 0 Å². The highest BCUT2D eigenvalue weighted by atomic mass is 16.5. The van der Waals surface area contributed by atoms with Gasteiger partial charge < -0.3 is 15.4 Å². The summed E-state index contributed by atoms with van der Waals surface area (Å²) in [5, 5.41) is 0. The number of pyridine rings is 1. The highest BCUT2D eigenvalue weighted by molar-refractivity contribution is 5.87. The Labute approximate surface area is 142 Å². The van der Waals surface area contributed by atoms with E-state index in [-0.39, 0.29) is 6.17 Å². The normalized spacial score (nSPS) is 20.4. The fraction of sp³-hybridized carbons (Fsp3) is 0.250. The molecule has 122 valence electrons. The average molecular weight is 319 g/mol. The number of nitrogens with zero attached hydrogens (tertiary/aromatic N) is 2. The molecule has 1 fully saturated rings. The quantitative estimate of drug-likeness (QED) is 0.939. The second-order valence-electron chi connectivity index (χ2n) is 6.26. The molecule has 1 aromatic heterocycles. The van der Waals surface area contributed by atoms with Crippen LogP contribution in [0.2, 0.25) is 0 Å². The van der Waals surface area contributed by atoms with Gasteiger partial charge in [-0.05, 0) is 47.3 Å². The molecule has 0 radical (unpaired) electrons. The Morgan fingerprint density at radius 1 is 1.08 bits per heavy atom. The maximum Gasteiger partial charge on any atom is 0.212 e. The van der Waals surface area contributed by atoms with Crippen LogP contribution < -0.4 is 10.5 Å². The number of hydrogen-bond acceptors (Lipinski definition) is 4. The van der Waals surface area contributed by atoms with Gasteiger partial charge in [-0.1, -0.05) is 30.3 Å². The van der Waals surface area contributed by atoms with Crippen LogP contribution in [0, 0.1) is 0 Å². The number of methoxy groups -OCH3 is 1. The van der Waals surface area contributed by atoms with Crippen LogP contribution in [0.3, 0.4) is 0 Å². The Morgan fingerprint density at radius 3 is 2.50 bits per heavy atom. The third kappa shape index (κ3) is 2.81. The lowest BCUT2D eigenvalue weighted by Crippen LogP contribution is -2.42. The third-order valence-corrected chi connectivity index (χ3v) is 4.59. The molecule has 2 heterocycles. The lowest BCUT2D eigenvalue weighted by atomic mass is 9.95. The molecular weight excluding hydrogens is 298 g/mol. The van der Waals surface area contributed by atoms with Gasteiger partial charge in [-0.2, -0.15) is 0 Å². The van der Waals surface area contributed by atoms with Gasteiger partial charge >= 0.3 is 0 Å². The zero-order chi connectivity index (χ0) is 16.5. The molecule has 2 aromatic rings. The highest BCUT2D eigenvalue weighted by Crippen LogP contribution is 2.37. The molecular formula is C20H21N3O. The van der Waals surface area contributed by atoms with E-state index in [0.717, 1.165) is 11.1 Å². The van der Waals surface area contributed by atoms with Crippen LogP contribution in [0.25, 0.3) is 11.1 Å². The molecule has 2 aliphatic rings. The first-order chi connectivity index (χ1) is 11.8. The number of hydrogen-bond donors (Lipinski definition) is 1. The van der Waals surface area contributed by atoms with Crippen molar-refractivity contribution < 1.29 is 4.74 Å². The predicted molar refractivity (Wildman–Crippen MR) is 96.0 cm³/mol. The van der Waals surface area contributed by atoms with Crippen LogP contribution in [0.1, 0.15) is 24.0 Å². The van der Waals surface area contributed by atoms with E-state index >= 15 is 0 Å². The minimum Gasteiger partial charge on any atom is -0.481 e. The van der Waals surface area contributed by atoms with Crippen molar-refractivity contribution in [1.82, 2.24) is 9.88 Å². The van der Waals surface area contributed by atoms with E-state index in [4.69, 9.17) is 10.5 Å². The Bertz CT molecular complexity index is 776. The maximum absolute atomic E-state index is 6.56. The van der Waals surface area contributed by atoms with Crippen LogP contribution >= 0.6 is 0 Å². The monoisotopic (exact) mass is 319 g/mol. The van der Waals surface area contributed by atoms with Gasteiger partial charge in [0, 0.05) is 24.5 Å². The van der Waals surface area contributed by atoms with E-state index in [1.165, 1.54) is 24.0 Å². The summed E-state index contributed by atoms with van der Waals surface area (Å²) >= 11 is 0. The number of aromatic nitrogens is 1. The smallest absolute Gasteiger partial charge is 0.212 e. The van der Waals surface area contributed by atoms with Crippen LogP contribution in [0.4, 0.5) is 0 Å². The number of benzene rings is 1. The van der Waals surface area contributed by atoms with Gasteiger partial charge in [0.05, 0.1) is 7.11 Å². The highest BCUT2D eigenvalue weighted by Gasteiger charge is 2.34. The molecule has 2 N–H and O–H groups in total. The number of rotatable bonds is 4. The van der Waals surface area contributed by atoms with Gasteiger partial charge in [-0.15, -0.1) is 0 Å². The molecule has 0 amide bonds. The van der Waals surface area contributed by atoms with Gasteiger partial charge in [-0.3, -0.25) is 0 Å². The van der Waals surface area contributed by atoms with E-state index in [0.29, 0.717) is 11.9 Å². The first-order valence-corrected chi connectivity index (χ1v) is 8.28. The largest absolute Gasteiger partial charge is 0.481 e. The molecule has 24 heavy (non-hydrogen) atoms. The third-order valence-electron chi connectivity index (χ3n) is 4.59. The van der Waals surface area contributed by atoms with Crippen molar-refractivity contribution in [2.24, 2.45) is 5.73 Å². The topological polar surface area (TPSA) is 51.4 Å². The summed E-state index contributed by atoms with van der Waals surface area (Å²) in [6.07, 6.45) is 8.50. The molecule has 4 heteroatoms. The Morgan fingerprint density at radius 2 is 1.88 bits per heavy atom. The molecule has 0 bridgehead atoms. The van der Waals surface area contributed by atoms with Crippen molar-refractivity contribution in [2.75, 3.05) is 7.11 Å². The molecule has 0 spiro atoms. The summed E-state index contributed by atoms with van der Waals surface area (Å²) in [6.45, 7) is 0. The summed E-state index contributed by atoms with van der Waals surface area (Å²) in [7, 11) is 1.62. The first kappa shape index (κ1) is 15.0. The minimum atomic E-state index is -0.139. The SMILES string of the molecule is COc1ccc(C2=CC(c3ccccc3)=CN(C3CC3)C2N)cn1.